The molecule has 1 atom stereocenters. The van der Waals surface area contributed by atoms with E-state index in [1.807, 2.05) is 13.8 Å². The Morgan fingerprint density at radius 2 is 1.81 bits per heavy atom. The minimum atomic E-state index is -0.622. The lowest BCUT2D eigenvalue weighted by Gasteiger charge is -2.15. The summed E-state index contributed by atoms with van der Waals surface area (Å²) in [4.78, 5) is 13.0. The highest BCUT2D eigenvalue weighted by molar-refractivity contribution is 6.39. The summed E-state index contributed by atoms with van der Waals surface area (Å²) in [6, 6.07) is 12.2. The van der Waals surface area contributed by atoms with Gasteiger partial charge in [-0.25, -0.2) is 0 Å². The van der Waals surface area contributed by atoms with Gasteiger partial charge < -0.3 is 25.0 Å². The smallest absolute Gasteiger partial charge is 0.261 e. The molecule has 0 unspecified atom stereocenters. The molecule has 3 N–H and O–H groups in total. The van der Waals surface area contributed by atoms with Gasteiger partial charge in [0.25, 0.3) is 5.91 Å². The summed E-state index contributed by atoms with van der Waals surface area (Å²) >= 11 is 12.6. The van der Waals surface area contributed by atoms with Crippen LogP contribution >= 0.6 is 23.2 Å². The third-order valence-electron chi connectivity index (χ3n) is 4.61. The lowest BCUT2D eigenvalue weighted by atomic mass is 10.1. The molecular formula is C23H25Cl2N3O4. The number of aliphatic hydroxyl groups excluding tert-OH is 1. The minimum Gasteiger partial charge on any atom is -0.491 e. The van der Waals surface area contributed by atoms with Crippen molar-refractivity contribution in [1.29, 1.82) is 0 Å². The minimum absolute atomic E-state index is 0.160. The summed E-state index contributed by atoms with van der Waals surface area (Å²) in [5, 5.41) is 20.6. The Labute approximate surface area is 196 Å². The molecule has 0 spiro atoms. The number of benzene rings is 2. The van der Waals surface area contributed by atoms with Crippen molar-refractivity contribution in [3.05, 3.63) is 63.8 Å². The van der Waals surface area contributed by atoms with E-state index in [9.17, 15) is 9.90 Å². The van der Waals surface area contributed by atoms with Gasteiger partial charge in [0.1, 0.15) is 35.5 Å². The molecule has 2 aromatic carbocycles. The summed E-state index contributed by atoms with van der Waals surface area (Å²) in [5.74, 6) is 0.521. The van der Waals surface area contributed by atoms with Crippen molar-refractivity contribution in [2.75, 3.05) is 18.5 Å². The van der Waals surface area contributed by atoms with Gasteiger partial charge in [0, 0.05) is 23.8 Å². The molecule has 0 aliphatic carbocycles. The molecule has 0 aliphatic heterocycles. The van der Waals surface area contributed by atoms with Crippen molar-refractivity contribution in [3.63, 3.8) is 0 Å². The fourth-order valence-electron chi connectivity index (χ4n) is 2.99. The van der Waals surface area contributed by atoms with E-state index in [1.54, 1.807) is 49.4 Å². The molecule has 3 rings (SSSR count). The van der Waals surface area contributed by atoms with E-state index in [2.05, 4.69) is 15.8 Å². The molecule has 0 saturated carbocycles. The number of halogens is 2. The van der Waals surface area contributed by atoms with Crippen LogP contribution in [0.25, 0.3) is 11.3 Å². The van der Waals surface area contributed by atoms with Gasteiger partial charge in [-0.15, -0.1) is 0 Å². The second-order valence-corrected chi connectivity index (χ2v) is 8.38. The first kappa shape index (κ1) is 24.1. The summed E-state index contributed by atoms with van der Waals surface area (Å²) in [6.07, 6.45) is -0.622. The fourth-order valence-corrected chi connectivity index (χ4v) is 3.56. The number of aromatic nitrogens is 1. The largest absolute Gasteiger partial charge is 0.491 e. The van der Waals surface area contributed by atoms with Crippen molar-refractivity contribution in [2.45, 2.75) is 32.9 Å². The predicted molar refractivity (Wildman–Crippen MR) is 126 cm³/mol. The standard InChI is InChI=1S/C23H25Cl2N3O4/c1-13(2)26-11-16(29)12-31-17-9-7-15(8-10-17)27-23(30)20-14(3)32-28-22(20)21-18(24)5-4-6-19(21)25/h4-10,13,16,26,29H,11-12H2,1-3H3,(H,27,30)/t16-/m0/s1. The van der Waals surface area contributed by atoms with E-state index in [4.69, 9.17) is 32.5 Å². The van der Waals surface area contributed by atoms with Crippen LogP contribution in [0, 0.1) is 6.92 Å². The highest BCUT2D eigenvalue weighted by Crippen LogP contribution is 2.37. The number of aliphatic hydroxyl groups is 1. The molecule has 32 heavy (non-hydrogen) atoms. The summed E-state index contributed by atoms with van der Waals surface area (Å²) in [5.41, 5.74) is 1.52. The van der Waals surface area contributed by atoms with Gasteiger partial charge in [0.05, 0.1) is 10.0 Å². The first-order chi connectivity index (χ1) is 15.3. The number of ether oxygens (including phenoxy) is 1. The van der Waals surface area contributed by atoms with Crippen LogP contribution in [0.4, 0.5) is 5.69 Å². The Balaban J connectivity index is 1.68. The van der Waals surface area contributed by atoms with E-state index in [-0.39, 0.29) is 23.9 Å². The van der Waals surface area contributed by atoms with Gasteiger partial charge in [0.15, 0.2) is 0 Å². The molecule has 0 fully saturated rings. The molecule has 7 nitrogen and oxygen atoms in total. The predicted octanol–water partition coefficient (Wildman–Crippen LogP) is 4.95. The number of carbonyl (C=O) groups is 1. The van der Waals surface area contributed by atoms with E-state index < -0.39 is 12.0 Å². The number of rotatable bonds is 9. The van der Waals surface area contributed by atoms with E-state index in [1.165, 1.54) is 0 Å². The van der Waals surface area contributed by atoms with Crippen LogP contribution in [0.3, 0.4) is 0 Å². The Bertz CT molecular complexity index is 1050. The molecule has 0 saturated heterocycles. The lowest BCUT2D eigenvalue weighted by molar-refractivity contribution is 0.102. The zero-order valence-electron chi connectivity index (χ0n) is 18.0. The number of anilines is 1. The molecule has 1 amide bonds. The van der Waals surface area contributed by atoms with Crippen molar-refractivity contribution in [3.8, 4) is 17.0 Å². The van der Waals surface area contributed by atoms with Gasteiger partial charge in [0.2, 0.25) is 0 Å². The number of hydrogen-bond donors (Lipinski definition) is 3. The normalized spacial score (nSPS) is 12.1. The average Bonchev–Trinajstić information content (AvgIpc) is 3.12. The highest BCUT2D eigenvalue weighted by Gasteiger charge is 2.25. The lowest BCUT2D eigenvalue weighted by Crippen LogP contribution is -2.35. The maximum absolute atomic E-state index is 13.0. The molecule has 170 valence electrons. The van der Waals surface area contributed by atoms with Gasteiger partial charge in [-0.3, -0.25) is 4.79 Å². The highest BCUT2D eigenvalue weighted by atomic mass is 35.5. The first-order valence-electron chi connectivity index (χ1n) is 10.1. The van der Waals surface area contributed by atoms with Crippen molar-refractivity contribution in [1.82, 2.24) is 10.5 Å². The number of hydrogen-bond acceptors (Lipinski definition) is 6. The van der Waals surface area contributed by atoms with E-state index in [0.717, 1.165) is 0 Å². The van der Waals surface area contributed by atoms with Gasteiger partial charge in [-0.2, -0.15) is 0 Å². The average molecular weight is 478 g/mol. The molecule has 0 bridgehead atoms. The van der Waals surface area contributed by atoms with Crippen molar-refractivity contribution >= 4 is 34.8 Å². The molecule has 1 heterocycles. The Hall–Kier alpha value is -2.58. The third-order valence-corrected chi connectivity index (χ3v) is 5.24. The molecule has 0 aliphatic rings. The SMILES string of the molecule is Cc1onc(-c2c(Cl)cccc2Cl)c1C(=O)Nc1ccc(OC[C@@H](O)CNC(C)C)cc1. The van der Waals surface area contributed by atoms with Crippen LogP contribution < -0.4 is 15.4 Å². The summed E-state index contributed by atoms with van der Waals surface area (Å²) in [6.45, 7) is 6.27. The Morgan fingerprint density at radius 1 is 1.16 bits per heavy atom. The number of carbonyl (C=O) groups excluding carboxylic acids is 1. The Morgan fingerprint density at radius 3 is 2.44 bits per heavy atom. The number of amides is 1. The number of nitrogens with zero attached hydrogens (tertiary/aromatic N) is 1. The fraction of sp³-hybridized carbons (Fsp3) is 0.304. The van der Waals surface area contributed by atoms with Gasteiger partial charge in [-0.05, 0) is 43.3 Å². The zero-order valence-corrected chi connectivity index (χ0v) is 19.5. The molecule has 9 heteroatoms. The van der Waals surface area contributed by atoms with Gasteiger partial charge >= 0.3 is 0 Å². The third kappa shape index (κ3) is 6.01. The van der Waals surface area contributed by atoms with E-state index in [0.29, 0.717) is 39.4 Å². The van der Waals surface area contributed by atoms with Crippen LogP contribution in [0.15, 0.2) is 47.0 Å². The van der Waals surface area contributed by atoms with Crippen molar-refractivity contribution in [2.24, 2.45) is 0 Å². The molecule has 1 aromatic heterocycles. The van der Waals surface area contributed by atoms with Gasteiger partial charge in [-0.1, -0.05) is 48.3 Å². The summed E-state index contributed by atoms with van der Waals surface area (Å²) < 4.78 is 10.8. The molecule has 3 aromatic rings. The van der Waals surface area contributed by atoms with Crippen LogP contribution in [0.1, 0.15) is 30.0 Å². The number of nitrogens with one attached hydrogen (secondary N) is 2. The molecule has 0 radical (unpaired) electrons. The zero-order chi connectivity index (χ0) is 23.3. The van der Waals surface area contributed by atoms with E-state index >= 15 is 0 Å². The second kappa shape index (κ2) is 10.8. The topological polar surface area (TPSA) is 96.6 Å². The second-order valence-electron chi connectivity index (χ2n) is 7.57. The summed E-state index contributed by atoms with van der Waals surface area (Å²) in [7, 11) is 0. The van der Waals surface area contributed by atoms with Crippen molar-refractivity contribution < 1.29 is 19.2 Å². The Kier molecular flexibility index (Phi) is 8.15. The molecular weight excluding hydrogens is 453 g/mol. The van der Waals surface area contributed by atoms with Crippen LogP contribution in [-0.2, 0) is 0 Å². The number of aryl methyl sites for hydroxylation is 1. The quantitative estimate of drug-likeness (QED) is 0.403. The van der Waals surface area contributed by atoms with Crippen LogP contribution in [0.2, 0.25) is 10.0 Å². The maximum atomic E-state index is 13.0. The monoisotopic (exact) mass is 477 g/mol. The maximum Gasteiger partial charge on any atom is 0.261 e. The first-order valence-corrected chi connectivity index (χ1v) is 10.9. The van der Waals surface area contributed by atoms with Crippen LogP contribution in [0.5, 0.6) is 5.75 Å². The van der Waals surface area contributed by atoms with Crippen LogP contribution in [-0.4, -0.2) is 41.5 Å².